The van der Waals surface area contributed by atoms with E-state index in [4.69, 9.17) is 0 Å². The third-order valence-electron chi connectivity index (χ3n) is 5.40. The van der Waals surface area contributed by atoms with Crippen LogP contribution < -0.4 is 10.6 Å². The Hall–Kier alpha value is -1.27. The molecule has 3 rings (SSSR count). The summed E-state index contributed by atoms with van der Waals surface area (Å²) in [5.74, 6) is 3.12. The summed E-state index contributed by atoms with van der Waals surface area (Å²) in [6.07, 6.45) is 5.21. The number of halogens is 1. The standard InChI is InChI=1S/C19H29FN4S/c1-21-18(22-14-16-4-6-17(20)7-5-16)23-15-19(8-2-3-9-19)24-10-12-25-13-11-24/h4-7H,2-3,8-15H2,1H3,(H2,21,22,23). The van der Waals surface area contributed by atoms with Crippen LogP contribution in [0, 0.1) is 5.82 Å². The summed E-state index contributed by atoms with van der Waals surface area (Å²) in [5, 5.41) is 6.89. The van der Waals surface area contributed by atoms with E-state index >= 15 is 0 Å². The van der Waals surface area contributed by atoms with Crippen LogP contribution in [0.3, 0.4) is 0 Å². The molecule has 2 fully saturated rings. The molecule has 2 N–H and O–H groups in total. The van der Waals surface area contributed by atoms with E-state index in [1.54, 1.807) is 19.2 Å². The second-order valence-electron chi connectivity index (χ2n) is 6.94. The first-order valence-corrected chi connectivity index (χ1v) is 10.4. The molecule has 1 saturated carbocycles. The third-order valence-corrected chi connectivity index (χ3v) is 6.34. The highest BCUT2D eigenvalue weighted by Gasteiger charge is 2.39. The van der Waals surface area contributed by atoms with Crippen molar-refractivity contribution in [3.63, 3.8) is 0 Å². The van der Waals surface area contributed by atoms with Crippen molar-refractivity contribution in [2.24, 2.45) is 4.99 Å². The second-order valence-corrected chi connectivity index (χ2v) is 8.16. The van der Waals surface area contributed by atoms with Gasteiger partial charge >= 0.3 is 0 Å². The number of hydrogen-bond acceptors (Lipinski definition) is 3. The van der Waals surface area contributed by atoms with Crippen LogP contribution in [-0.4, -0.2) is 54.6 Å². The topological polar surface area (TPSA) is 39.7 Å². The fraction of sp³-hybridized carbons (Fsp3) is 0.632. The molecule has 0 bridgehead atoms. The second kappa shape index (κ2) is 8.90. The lowest BCUT2D eigenvalue weighted by Crippen LogP contribution is -2.57. The van der Waals surface area contributed by atoms with Gasteiger partial charge in [-0.2, -0.15) is 11.8 Å². The number of rotatable bonds is 5. The van der Waals surface area contributed by atoms with Crippen LogP contribution in [0.15, 0.2) is 29.3 Å². The highest BCUT2D eigenvalue weighted by atomic mass is 32.2. The van der Waals surface area contributed by atoms with Crippen LogP contribution in [0.1, 0.15) is 31.2 Å². The van der Waals surface area contributed by atoms with E-state index < -0.39 is 0 Å². The smallest absolute Gasteiger partial charge is 0.191 e. The molecule has 0 atom stereocenters. The van der Waals surface area contributed by atoms with Crippen molar-refractivity contribution in [3.05, 3.63) is 35.6 Å². The molecule has 0 spiro atoms. The van der Waals surface area contributed by atoms with Crippen molar-refractivity contribution in [2.75, 3.05) is 38.2 Å². The van der Waals surface area contributed by atoms with Crippen LogP contribution in [0.4, 0.5) is 4.39 Å². The van der Waals surface area contributed by atoms with E-state index in [2.05, 4.69) is 32.3 Å². The zero-order valence-electron chi connectivity index (χ0n) is 15.1. The first-order chi connectivity index (χ1) is 12.2. The van der Waals surface area contributed by atoms with Crippen LogP contribution in [0.5, 0.6) is 0 Å². The summed E-state index contributed by atoms with van der Waals surface area (Å²) in [4.78, 5) is 7.06. The summed E-state index contributed by atoms with van der Waals surface area (Å²) in [5.41, 5.74) is 1.34. The SMILES string of the molecule is CN=C(NCc1ccc(F)cc1)NCC1(N2CCSCC2)CCCC1. The minimum absolute atomic E-state index is 0.200. The quantitative estimate of drug-likeness (QED) is 0.623. The largest absolute Gasteiger partial charge is 0.355 e. The third kappa shape index (κ3) is 4.88. The minimum atomic E-state index is -0.200. The van der Waals surface area contributed by atoms with Crippen molar-refractivity contribution < 1.29 is 4.39 Å². The Morgan fingerprint density at radius 3 is 2.48 bits per heavy atom. The first kappa shape index (κ1) is 18.5. The summed E-state index contributed by atoms with van der Waals surface area (Å²) in [7, 11) is 1.80. The summed E-state index contributed by atoms with van der Waals surface area (Å²) in [6.45, 7) is 4.00. The van der Waals surface area contributed by atoms with Gasteiger partial charge in [-0.15, -0.1) is 0 Å². The molecule has 4 nitrogen and oxygen atoms in total. The van der Waals surface area contributed by atoms with Crippen LogP contribution in [0.25, 0.3) is 0 Å². The summed E-state index contributed by atoms with van der Waals surface area (Å²) in [6, 6.07) is 6.60. The zero-order chi connectivity index (χ0) is 17.5. The number of thioether (sulfide) groups is 1. The lowest BCUT2D eigenvalue weighted by Gasteiger charge is -2.43. The number of benzene rings is 1. The Bertz CT molecular complexity index is 563. The molecule has 138 valence electrons. The molecule has 1 aliphatic heterocycles. The van der Waals surface area contributed by atoms with E-state index in [-0.39, 0.29) is 11.4 Å². The Balaban J connectivity index is 1.54. The zero-order valence-corrected chi connectivity index (χ0v) is 15.9. The molecular formula is C19H29FN4S. The van der Waals surface area contributed by atoms with E-state index in [0.29, 0.717) is 6.54 Å². The van der Waals surface area contributed by atoms with E-state index in [0.717, 1.165) is 18.1 Å². The highest BCUT2D eigenvalue weighted by Crippen LogP contribution is 2.36. The van der Waals surface area contributed by atoms with Gasteiger partial charge in [0, 0.05) is 50.3 Å². The fourth-order valence-electron chi connectivity index (χ4n) is 3.93. The van der Waals surface area contributed by atoms with E-state index in [9.17, 15) is 4.39 Å². The van der Waals surface area contributed by atoms with Crippen LogP contribution >= 0.6 is 11.8 Å². The Morgan fingerprint density at radius 2 is 1.84 bits per heavy atom. The Kier molecular flexibility index (Phi) is 6.59. The molecule has 25 heavy (non-hydrogen) atoms. The van der Waals surface area contributed by atoms with Gasteiger partial charge in [0.2, 0.25) is 0 Å². The first-order valence-electron chi connectivity index (χ1n) is 9.24. The average molecular weight is 365 g/mol. The fourth-order valence-corrected chi connectivity index (χ4v) is 4.84. The molecule has 1 heterocycles. The average Bonchev–Trinajstić information content (AvgIpc) is 3.14. The van der Waals surface area contributed by atoms with Gasteiger partial charge < -0.3 is 10.6 Å². The van der Waals surface area contributed by atoms with E-state index in [1.807, 2.05) is 0 Å². The van der Waals surface area contributed by atoms with Gasteiger partial charge in [0.1, 0.15) is 5.82 Å². The molecule has 1 aromatic carbocycles. The number of nitrogens with one attached hydrogen (secondary N) is 2. The van der Waals surface area contributed by atoms with Gasteiger partial charge in [0.05, 0.1) is 0 Å². The molecule has 1 aliphatic carbocycles. The van der Waals surface area contributed by atoms with Gasteiger partial charge in [0.25, 0.3) is 0 Å². The van der Waals surface area contributed by atoms with Crippen LogP contribution in [0.2, 0.25) is 0 Å². The maximum absolute atomic E-state index is 13.0. The monoisotopic (exact) mass is 364 g/mol. The molecule has 1 saturated heterocycles. The van der Waals surface area contributed by atoms with Crippen molar-refractivity contribution in [1.29, 1.82) is 0 Å². The number of aliphatic imine (C=N–C) groups is 1. The molecular weight excluding hydrogens is 335 g/mol. The van der Waals surface area contributed by atoms with E-state index in [1.165, 1.54) is 62.4 Å². The lowest BCUT2D eigenvalue weighted by molar-refractivity contribution is 0.107. The molecule has 0 amide bonds. The minimum Gasteiger partial charge on any atom is -0.355 e. The van der Waals surface area contributed by atoms with Crippen molar-refractivity contribution >= 4 is 17.7 Å². The lowest BCUT2D eigenvalue weighted by atomic mass is 9.94. The van der Waals surface area contributed by atoms with Gasteiger partial charge in [0.15, 0.2) is 5.96 Å². The van der Waals surface area contributed by atoms with Crippen molar-refractivity contribution in [2.45, 2.75) is 37.8 Å². The molecule has 6 heteroatoms. The number of guanidine groups is 1. The maximum Gasteiger partial charge on any atom is 0.191 e. The maximum atomic E-state index is 13.0. The Morgan fingerprint density at radius 1 is 1.16 bits per heavy atom. The predicted molar refractivity (Wildman–Crippen MR) is 105 cm³/mol. The summed E-state index contributed by atoms with van der Waals surface area (Å²) < 4.78 is 13.0. The van der Waals surface area contributed by atoms with Gasteiger partial charge in [-0.25, -0.2) is 4.39 Å². The van der Waals surface area contributed by atoms with Crippen molar-refractivity contribution in [3.8, 4) is 0 Å². The van der Waals surface area contributed by atoms with Gasteiger partial charge in [-0.1, -0.05) is 25.0 Å². The van der Waals surface area contributed by atoms with Gasteiger partial charge in [-0.05, 0) is 30.5 Å². The number of hydrogen-bond donors (Lipinski definition) is 2. The predicted octanol–water partition coefficient (Wildman–Crippen LogP) is 2.85. The summed E-state index contributed by atoms with van der Waals surface area (Å²) >= 11 is 2.07. The highest BCUT2D eigenvalue weighted by molar-refractivity contribution is 7.99. The van der Waals surface area contributed by atoms with Gasteiger partial charge in [-0.3, -0.25) is 9.89 Å². The normalized spacial score (nSPS) is 21.3. The molecule has 0 aromatic heterocycles. The number of nitrogens with zero attached hydrogens (tertiary/aromatic N) is 2. The molecule has 0 unspecified atom stereocenters. The molecule has 0 radical (unpaired) electrons. The van der Waals surface area contributed by atoms with Crippen molar-refractivity contribution in [1.82, 2.24) is 15.5 Å². The van der Waals surface area contributed by atoms with Crippen LogP contribution in [-0.2, 0) is 6.54 Å². The molecule has 1 aromatic rings. The molecule has 2 aliphatic rings. The Labute approximate surface area is 154 Å².